The van der Waals surface area contributed by atoms with Gasteiger partial charge in [-0.3, -0.25) is 9.78 Å². The number of nitrogens with zero attached hydrogens (tertiary/aromatic N) is 2. The summed E-state index contributed by atoms with van der Waals surface area (Å²) < 4.78 is 0. The first kappa shape index (κ1) is 21.3. The van der Waals surface area contributed by atoms with Crippen LogP contribution in [0.1, 0.15) is 59.9 Å². The Balaban J connectivity index is 1.40. The third-order valence-electron chi connectivity index (χ3n) is 6.95. The normalized spacial score (nSPS) is 14.3. The summed E-state index contributed by atoms with van der Waals surface area (Å²) >= 11 is 0. The van der Waals surface area contributed by atoms with E-state index in [1.54, 1.807) is 0 Å². The number of carbonyl (C=O) groups excluding carboxylic acids is 1. The molecule has 0 unspecified atom stereocenters. The second-order valence-corrected chi connectivity index (χ2v) is 8.88. The van der Waals surface area contributed by atoms with Crippen molar-refractivity contribution in [2.45, 2.75) is 58.4 Å². The molecular weight excluding hydrogens is 380 g/mol. The first-order valence-electron chi connectivity index (χ1n) is 11.3. The van der Waals surface area contributed by atoms with Crippen LogP contribution in [0.2, 0.25) is 0 Å². The standard InChI is InChI=1S/C28H32N2O/c1-5-28(18-19-28)30(4)26-15-12-24(13-16-26)23-8-10-25(11-9-23)27(31)17-14-22-7-6-20(2)29-21(22)3/h6-13,15-16H,5,14,17-19H2,1-4H3. The van der Waals surface area contributed by atoms with E-state index in [4.69, 9.17) is 0 Å². The molecule has 0 radical (unpaired) electrons. The number of rotatable bonds is 8. The van der Waals surface area contributed by atoms with Crippen LogP contribution in [0.15, 0.2) is 60.7 Å². The number of hydrogen-bond acceptors (Lipinski definition) is 3. The highest BCUT2D eigenvalue weighted by atomic mass is 16.1. The molecule has 3 nitrogen and oxygen atoms in total. The summed E-state index contributed by atoms with van der Waals surface area (Å²) in [6.07, 6.45) is 5.01. The van der Waals surface area contributed by atoms with Gasteiger partial charge in [-0.15, -0.1) is 0 Å². The van der Waals surface area contributed by atoms with Crippen molar-refractivity contribution in [2.24, 2.45) is 0 Å². The molecule has 0 saturated heterocycles. The van der Waals surface area contributed by atoms with Gasteiger partial charge >= 0.3 is 0 Å². The van der Waals surface area contributed by atoms with Crippen LogP contribution in [-0.2, 0) is 6.42 Å². The average molecular weight is 413 g/mol. The lowest BCUT2D eigenvalue weighted by Gasteiger charge is -2.29. The summed E-state index contributed by atoms with van der Waals surface area (Å²) in [4.78, 5) is 19.6. The number of anilines is 1. The molecule has 1 saturated carbocycles. The fourth-order valence-corrected chi connectivity index (χ4v) is 4.44. The topological polar surface area (TPSA) is 33.2 Å². The number of ketones is 1. The van der Waals surface area contributed by atoms with Gasteiger partial charge in [-0.2, -0.15) is 0 Å². The van der Waals surface area contributed by atoms with Crippen molar-refractivity contribution in [1.29, 1.82) is 0 Å². The Kier molecular flexibility index (Phi) is 5.95. The molecule has 1 heterocycles. The molecular formula is C28H32N2O. The third-order valence-corrected chi connectivity index (χ3v) is 6.95. The zero-order valence-corrected chi connectivity index (χ0v) is 19.1. The molecule has 0 atom stereocenters. The lowest BCUT2D eigenvalue weighted by molar-refractivity contribution is 0.0983. The largest absolute Gasteiger partial charge is 0.369 e. The molecule has 1 aliphatic rings. The van der Waals surface area contributed by atoms with Crippen LogP contribution in [0.3, 0.4) is 0 Å². The molecule has 0 bridgehead atoms. The van der Waals surface area contributed by atoms with Crippen molar-refractivity contribution in [2.75, 3.05) is 11.9 Å². The fraction of sp³-hybridized carbons (Fsp3) is 0.357. The predicted molar refractivity (Wildman–Crippen MR) is 129 cm³/mol. The Morgan fingerprint density at radius 3 is 2.10 bits per heavy atom. The molecule has 0 N–H and O–H groups in total. The Hall–Kier alpha value is -2.94. The molecule has 1 fully saturated rings. The van der Waals surface area contributed by atoms with Gasteiger partial charge in [0.15, 0.2) is 5.78 Å². The fourth-order valence-electron chi connectivity index (χ4n) is 4.44. The Morgan fingerprint density at radius 1 is 0.935 bits per heavy atom. The zero-order valence-electron chi connectivity index (χ0n) is 19.1. The first-order chi connectivity index (χ1) is 14.9. The molecule has 2 aromatic carbocycles. The van der Waals surface area contributed by atoms with Crippen molar-refractivity contribution >= 4 is 11.5 Å². The van der Waals surface area contributed by atoms with Crippen molar-refractivity contribution < 1.29 is 4.79 Å². The number of carbonyl (C=O) groups is 1. The molecule has 0 aliphatic heterocycles. The second kappa shape index (κ2) is 8.66. The van der Waals surface area contributed by atoms with Crippen LogP contribution in [0.25, 0.3) is 11.1 Å². The van der Waals surface area contributed by atoms with Crippen molar-refractivity contribution in [3.63, 3.8) is 0 Å². The van der Waals surface area contributed by atoms with Crippen molar-refractivity contribution in [3.8, 4) is 11.1 Å². The van der Waals surface area contributed by atoms with Gasteiger partial charge in [0.05, 0.1) is 0 Å². The summed E-state index contributed by atoms with van der Waals surface area (Å²) in [5.41, 5.74) is 7.92. The maximum Gasteiger partial charge on any atom is 0.163 e. The van der Waals surface area contributed by atoms with Gasteiger partial charge in [0.1, 0.15) is 0 Å². The maximum absolute atomic E-state index is 12.7. The first-order valence-corrected chi connectivity index (χ1v) is 11.3. The summed E-state index contributed by atoms with van der Waals surface area (Å²) in [5, 5.41) is 0. The predicted octanol–water partition coefficient (Wildman–Crippen LogP) is 6.56. The SMILES string of the molecule is CCC1(N(C)c2ccc(-c3ccc(C(=O)CCc4ccc(C)nc4C)cc3)cc2)CC1. The Labute approximate surface area is 186 Å². The number of benzene rings is 2. The van der Waals surface area contributed by atoms with E-state index in [2.05, 4.69) is 66.3 Å². The maximum atomic E-state index is 12.7. The zero-order chi connectivity index (χ0) is 22.0. The van der Waals surface area contributed by atoms with E-state index in [9.17, 15) is 4.79 Å². The highest BCUT2D eigenvalue weighted by Gasteiger charge is 2.44. The second-order valence-electron chi connectivity index (χ2n) is 8.88. The summed E-state index contributed by atoms with van der Waals surface area (Å²) in [6.45, 7) is 6.28. The molecule has 4 rings (SSSR count). The summed E-state index contributed by atoms with van der Waals surface area (Å²) in [5.74, 6) is 0.179. The van der Waals surface area contributed by atoms with Crippen LogP contribution < -0.4 is 4.90 Å². The van der Waals surface area contributed by atoms with E-state index in [-0.39, 0.29) is 5.78 Å². The Morgan fingerprint density at radius 2 is 1.55 bits per heavy atom. The third kappa shape index (κ3) is 4.56. The molecule has 1 aliphatic carbocycles. The monoisotopic (exact) mass is 412 g/mol. The average Bonchev–Trinajstić information content (AvgIpc) is 3.59. The van der Waals surface area contributed by atoms with Gasteiger partial charge in [0.2, 0.25) is 0 Å². The summed E-state index contributed by atoms with van der Waals surface area (Å²) in [7, 11) is 2.21. The summed E-state index contributed by atoms with van der Waals surface area (Å²) in [6, 6.07) is 20.9. The number of hydrogen-bond donors (Lipinski definition) is 0. The molecule has 3 aromatic rings. The van der Waals surface area contributed by atoms with Crippen LogP contribution in [0.4, 0.5) is 5.69 Å². The van der Waals surface area contributed by atoms with Gasteiger partial charge in [-0.1, -0.05) is 49.4 Å². The lowest BCUT2D eigenvalue weighted by Crippen LogP contribution is -2.32. The van der Waals surface area contributed by atoms with Gasteiger partial charge in [-0.05, 0) is 74.4 Å². The van der Waals surface area contributed by atoms with E-state index in [0.717, 1.165) is 34.5 Å². The van der Waals surface area contributed by atoms with Crippen LogP contribution in [0, 0.1) is 13.8 Å². The van der Waals surface area contributed by atoms with Gasteiger partial charge < -0.3 is 4.90 Å². The minimum atomic E-state index is 0.179. The van der Waals surface area contributed by atoms with Crippen LogP contribution in [0.5, 0.6) is 0 Å². The number of Topliss-reactive ketones (excluding diaryl/α,β-unsaturated/α-hetero) is 1. The van der Waals surface area contributed by atoms with Gasteiger partial charge in [0, 0.05) is 41.6 Å². The van der Waals surface area contributed by atoms with E-state index < -0.39 is 0 Å². The minimum absolute atomic E-state index is 0.179. The molecule has 1 aromatic heterocycles. The van der Waals surface area contributed by atoms with E-state index in [1.807, 2.05) is 32.0 Å². The van der Waals surface area contributed by atoms with Crippen LogP contribution in [-0.4, -0.2) is 23.4 Å². The van der Waals surface area contributed by atoms with Crippen molar-refractivity contribution in [1.82, 2.24) is 4.98 Å². The molecule has 160 valence electrons. The van der Waals surface area contributed by atoms with Gasteiger partial charge in [0.25, 0.3) is 0 Å². The highest BCUT2D eigenvalue weighted by Crippen LogP contribution is 2.45. The van der Waals surface area contributed by atoms with Gasteiger partial charge in [-0.25, -0.2) is 0 Å². The number of aryl methyl sites for hydroxylation is 3. The van der Waals surface area contributed by atoms with E-state index in [1.165, 1.54) is 30.5 Å². The smallest absolute Gasteiger partial charge is 0.163 e. The quantitative estimate of drug-likeness (QED) is 0.393. The van der Waals surface area contributed by atoms with E-state index >= 15 is 0 Å². The molecule has 0 amide bonds. The highest BCUT2D eigenvalue weighted by molar-refractivity contribution is 5.96. The van der Waals surface area contributed by atoms with Crippen LogP contribution >= 0.6 is 0 Å². The molecule has 0 spiro atoms. The van der Waals surface area contributed by atoms with Crippen molar-refractivity contribution in [3.05, 3.63) is 83.2 Å². The molecule has 3 heteroatoms. The molecule has 31 heavy (non-hydrogen) atoms. The number of pyridine rings is 1. The Bertz CT molecular complexity index is 1060. The lowest BCUT2D eigenvalue weighted by atomic mass is 9.98. The minimum Gasteiger partial charge on any atom is -0.369 e. The van der Waals surface area contributed by atoms with E-state index in [0.29, 0.717) is 12.0 Å². The number of aromatic nitrogens is 1.